The van der Waals surface area contributed by atoms with Crippen molar-refractivity contribution in [3.63, 3.8) is 0 Å². The molecule has 0 radical (unpaired) electrons. The lowest BCUT2D eigenvalue weighted by atomic mass is 9.98. The number of rotatable bonds is 7. The normalized spacial score (nSPS) is 12.0. The summed E-state index contributed by atoms with van der Waals surface area (Å²) >= 11 is 0. The summed E-state index contributed by atoms with van der Waals surface area (Å²) in [6, 6.07) is 12.5. The number of hydrogen-bond donors (Lipinski definition) is 2. The molecule has 6 heteroatoms. The summed E-state index contributed by atoms with van der Waals surface area (Å²) in [6.45, 7) is 4.27. The van der Waals surface area contributed by atoms with Gasteiger partial charge in [0.25, 0.3) is 5.91 Å². The summed E-state index contributed by atoms with van der Waals surface area (Å²) in [4.78, 5) is 12.5. The highest BCUT2D eigenvalue weighted by atomic mass is 16.5. The van der Waals surface area contributed by atoms with Gasteiger partial charge < -0.3 is 19.9 Å². The zero-order valence-corrected chi connectivity index (χ0v) is 16.4. The molecule has 146 valence electrons. The number of aromatic hydroxyl groups is 1. The summed E-state index contributed by atoms with van der Waals surface area (Å²) in [5, 5.41) is 22.1. The predicted octanol–water partition coefficient (Wildman–Crippen LogP) is 4.47. The number of methoxy groups -OCH3 is 2. The Morgan fingerprint density at radius 1 is 1.21 bits per heavy atom. The standard InChI is InChI=1S/C22H24N2O4/c1-5-14(2)16-6-8-18(9-7-16)24-22(26)17(13-23)10-15-11-19(27-3)21(25)20(12-15)28-4/h6-12,14,25H,5H2,1-4H3,(H,24,26)/b17-10+/t14-/m1/s1. The summed E-state index contributed by atoms with van der Waals surface area (Å²) < 4.78 is 10.2. The minimum atomic E-state index is -0.523. The topological polar surface area (TPSA) is 91.6 Å². The first-order valence-electron chi connectivity index (χ1n) is 8.91. The molecule has 0 fully saturated rings. The number of amides is 1. The largest absolute Gasteiger partial charge is 0.502 e. The van der Waals surface area contributed by atoms with Crippen molar-refractivity contribution in [3.8, 4) is 23.3 Å². The lowest BCUT2D eigenvalue weighted by molar-refractivity contribution is -0.112. The molecule has 0 heterocycles. The SMILES string of the molecule is CC[C@@H](C)c1ccc(NC(=O)/C(C#N)=C/c2cc(OC)c(O)c(OC)c2)cc1. The Kier molecular flexibility index (Phi) is 7.05. The number of benzene rings is 2. The molecule has 0 aliphatic heterocycles. The van der Waals surface area contributed by atoms with E-state index in [1.54, 1.807) is 0 Å². The molecule has 28 heavy (non-hydrogen) atoms. The van der Waals surface area contributed by atoms with E-state index in [1.165, 1.54) is 38.0 Å². The number of phenols is 1. The minimum Gasteiger partial charge on any atom is -0.502 e. The fourth-order valence-corrected chi connectivity index (χ4v) is 2.64. The van der Waals surface area contributed by atoms with Crippen LogP contribution in [0.25, 0.3) is 6.08 Å². The maximum absolute atomic E-state index is 12.5. The van der Waals surface area contributed by atoms with Crippen LogP contribution in [0.2, 0.25) is 0 Å². The van der Waals surface area contributed by atoms with Crippen LogP contribution >= 0.6 is 0 Å². The monoisotopic (exact) mass is 380 g/mol. The maximum Gasteiger partial charge on any atom is 0.266 e. The molecule has 0 bridgehead atoms. The summed E-state index contributed by atoms with van der Waals surface area (Å²) in [5.41, 5.74) is 2.21. The molecule has 0 spiro atoms. The number of nitrogens with one attached hydrogen (secondary N) is 1. The van der Waals surface area contributed by atoms with Gasteiger partial charge in [-0.25, -0.2) is 0 Å². The molecule has 0 unspecified atom stereocenters. The molecule has 0 saturated carbocycles. The van der Waals surface area contributed by atoms with Gasteiger partial charge in [0.15, 0.2) is 11.5 Å². The van der Waals surface area contributed by atoms with Gasteiger partial charge in [0.1, 0.15) is 11.6 Å². The number of phenolic OH excluding ortho intramolecular Hbond substituents is 1. The number of anilines is 1. The molecule has 1 atom stereocenters. The Labute approximate surface area is 165 Å². The van der Waals surface area contributed by atoms with Crippen LogP contribution in [0.4, 0.5) is 5.69 Å². The van der Waals surface area contributed by atoms with E-state index in [0.29, 0.717) is 17.2 Å². The van der Waals surface area contributed by atoms with Gasteiger partial charge in [-0.3, -0.25) is 4.79 Å². The van der Waals surface area contributed by atoms with Crippen LogP contribution in [0.3, 0.4) is 0 Å². The van der Waals surface area contributed by atoms with Gasteiger partial charge in [-0.15, -0.1) is 0 Å². The Morgan fingerprint density at radius 3 is 2.25 bits per heavy atom. The van der Waals surface area contributed by atoms with Crippen LogP contribution in [-0.2, 0) is 4.79 Å². The molecule has 0 saturated heterocycles. The quantitative estimate of drug-likeness (QED) is 0.546. The van der Waals surface area contributed by atoms with E-state index in [0.717, 1.165) is 6.42 Å². The van der Waals surface area contributed by atoms with Crippen LogP contribution in [0, 0.1) is 11.3 Å². The fourth-order valence-electron chi connectivity index (χ4n) is 2.64. The van der Waals surface area contributed by atoms with Gasteiger partial charge in [0, 0.05) is 5.69 Å². The average Bonchev–Trinajstić information content (AvgIpc) is 2.72. The molecule has 2 aromatic carbocycles. The first-order chi connectivity index (χ1) is 13.4. The number of ether oxygens (including phenoxy) is 2. The minimum absolute atomic E-state index is 0.0826. The molecule has 0 aliphatic rings. The van der Waals surface area contributed by atoms with Crippen LogP contribution in [0.5, 0.6) is 17.2 Å². The van der Waals surface area contributed by atoms with Gasteiger partial charge >= 0.3 is 0 Å². The number of carbonyl (C=O) groups excluding carboxylic acids is 1. The third-order valence-corrected chi connectivity index (χ3v) is 4.53. The second-order valence-corrected chi connectivity index (χ2v) is 6.33. The molecule has 6 nitrogen and oxygen atoms in total. The van der Waals surface area contributed by atoms with E-state index in [2.05, 4.69) is 19.2 Å². The van der Waals surface area contributed by atoms with Crippen LogP contribution in [-0.4, -0.2) is 25.2 Å². The van der Waals surface area contributed by atoms with Crippen molar-refractivity contribution >= 4 is 17.7 Å². The van der Waals surface area contributed by atoms with E-state index in [1.807, 2.05) is 30.3 Å². The Hall–Kier alpha value is -3.46. The van der Waals surface area contributed by atoms with Crippen molar-refractivity contribution in [1.82, 2.24) is 0 Å². The Balaban J connectivity index is 2.25. The molecular formula is C22H24N2O4. The summed E-state index contributed by atoms with van der Waals surface area (Å²) in [7, 11) is 2.81. The van der Waals surface area contributed by atoms with Crippen LogP contribution in [0.1, 0.15) is 37.3 Å². The molecule has 0 aromatic heterocycles. The molecule has 2 aromatic rings. The lowest BCUT2D eigenvalue weighted by Crippen LogP contribution is -2.13. The predicted molar refractivity (Wildman–Crippen MR) is 109 cm³/mol. The van der Waals surface area contributed by atoms with Crippen molar-refractivity contribution in [3.05, 3.63) is 53.1 Å². The molecule has 1 amide bonds. The number of hydrogen-bond acceptors (Lipinski definition) is 5. The van der Waals surface area contributed by atoms with Crippen LogP contribution < -0.4 is 14.8 Å². The van der Waals surface area contributed by atoms with Gasteiger partial charge in [-0.1, -0.05) is 26.0 Å². The first kappa shape index (κ1) is 20.8. The zero-order chi connectivity index (χ0) is 20.7. The number of carbonyl (C=O) groups is 1. The highest BCUT2D eigenvalue weighted by Crippen LogP contribution is 2.37. The van der Waals surface area contributed by atoms with Gasteiger partial charge in [0.05, 0.1) is 14.2 Å². The fraction of sp³-hybridized carbons (Fsp3) is 0.273. The van der Waals surface area contributed by atoms with E-state index < -0.39 is 5.91 Å². The average molecular weight is 380 g/mol. The van der Waals surface area contributed by atoms with E-state index >= 15 is 0 Å². The van der Waals surface area contributed by atoms with E-state index in [4.69, 9.17) is 9.47 Å². The molecular weight excluding hydrogens is 356 g/mol. The number of nitrogens with zero attached hydrogens (tertiary/aromatic N) is 1. The Bertz CT molecular complexity index is 886. The first-order valence-corrected chi connectivity index (χ1v) is 8.91. The zero-order valence-electron chi connectivity index (χ0n) is 16.4. The van der Waals surface area contributed by atoms with E-state index in [-0.39, 0.29) is 22.8 Å². The van der Waals surface area contributed by atoms with Gasteiger partial charge in [0.2, 0.25) is 5.75 Å². The van der Waals surface area contributed by atoms with Crippen molar-refractivity contribution in [1.29, 1.82) is 5.26 Å². The second-order valence-electron chi connectivity index (χ2n) is 6.33. The third-order valence-electron chi connectivity index (χ3n) is 4.53. The van der Waals surface area contributed by atoms with E-state index in [9.17, 15) is 15.2 Å². The van der Waals surface area contributed by atoms with Gasteiger partial charge in [-0.05, 0) is 53.8 Å². The molecule has 2 rings (SSSR count). The second kappa shape index (κ2) is 9.47. The van der Waals surface area contributed by atoms with Crippen molar-refractivity contribution in [2.75, 3.05) is 19.5 Å². The maximum atomic E-state index is 12.5. The third kappa shape index (κ3) is 4.83. The smallest absolute Gasteiger partial charge is 0.266 e. The lowest BCUT2D eigenvalue weighted by Gasteiger charge is -2.11. The highest BCUT2D eigenvalue weighted by molar-refractivity contribution is 6.09. The Morgan fingerprint density at radius 2 is 1.79 bits per heavy atom. The summed E-state index contributed by atoms with van der Waals surface area (Å²) in [6.07, 6.45) is 2.44. The molecule has 2 N–H and O–H groups in total. The highest BCUT2D eigenvalue weighted by Gasteiger charge is 2.14. The van der Waals surface area contributed by atoms with Crippen LogP contribution in [0.15, 0.2) is 42.0 Å². The number of nitriles is 1. The summed E-state index contributed by atoms with van der Waals surface area (Å²) in [5.74, 6) is 0.142. The molecule has 0 aliphatic carbocycles. The van der Waals surface area contributed by atoms with Crippen molar-refractivity contribution in [2.45, 2.75) is 26.2 Å². The van der Waals surface area contributed by atoms with Gasteiger partial charge in [-0.2, -0.15) is 5.26 Å². The van der Waals surface area contributed by atoms with Crippen molar-refractivity contribution in [2.24, 2.45) is 0 Å². The van der Waals surface area contributed by atoms with Crippen molar-refractivity contribution < 1.29 is 19.4 Å².